The first-order chi connectivity index (χ1) is 10.8. The molecule has 0 aliphatic carbocycles. The zero-order valence-corrected chi connectivity index (χ0v) is 13.6. The van der Waals surface area contributed by atoms with Crippen molar-refractivity contribution in [2.24, 2.45) is 0 Å². The van der Waals surface area contributed by atoms with Crippen LogP contribution in [0.15, 0.2) is 24.3 Å². The van der Waals surface area contributed by atoms with Crippen molar-refractivity contribution in [3.8, 4) is 0 Å². The lowest BCUT2D eigenvalue weighted by molar-refractivity contribution is -0.138. The maximum Gasteiger partial charge on any atom is 0.417 e. The summed E-state index contributed by atoms with van der Waals surface area (Å²) in [6, 6.07) is 4.74. The summed E-state index contributed by atoms with van der Waals surface area (Å²) in [7, 11) is 0. The highest BCUT2D eigenvalue weighted by atomic mass is 35.5. The first-order valence-corrected chi connectivity index (χ1v) is 7.18. The van der Waals surface area contributed by atoms with E-state index in [0.29, 0.717) is 19.6 Å². The minimum atomic E-state index is -4.57. The van der Waals surface area contributed by atoms with Crippen LogP contribution in [0.5, 0.6) is 0 Å². The molecule has 0 atom stereocenters. The maximum absolute atomic E-state index is 13.0. The predicted molar refractivity (Wildman–Crippen MR) is 83.3 cm³/mol. The van der Waals surface area contributed by atoms with Gasteiger partial charge in [0.1, 0.15) is 0 Å². The molecular weight excluding hydrogens is 349 g/mol. The van der Waals surface area contributed by atoms with E-state index in [1.54, 1.807) is 0 Å². The molecule has 134 valence electrons. The molecule has 0 bridgehead atoms. The Hall–Kier alpha value is -1.80. The highest BCUT2D eigenvalue weighted by Crippen LogP contribution is 2.32. The molecule has 0 saturated carbocycles. The SMILES string of the molecule is Cl.O=C(O)CCN1CCN(C(=O)c2ccccc2C(F)(F)F)CC1. The normalized spacial score (nSPS) is 15.7. The number of carbonyl (C=O) groups is 2. The lowest BCUT2D eigenvalue weighted by Gasteiger charge is -2.34. The van der Waals surface area contributed by atoms with Crippen molar-refractivity contribution >= 4 is 24.3 Å². The number of benzene rings is 1. The van der Waals surface area contributed by atoms with E-state index < -0.39 is 23.6 Å². The van der Waals surface area contributed by atoms with Gasteiger partial charge in [-0.2, -0.15) is 13.2 Å². The Morgan fingerprint density at radius 1 is 1.08 bits per heavy atom. The van der Waals surface area contributed by atoms with Crippen molar-refractivity contribution in [2.75, 3.05) is 32.7 Å². The van der Waals surface area contributed by atoms with E-state index in [1.807, 2.05) is 4.90 Å². The first kappa shape index (κ1) is 20.2. The summed E-state index contributed by atoms with van der Waals surface area (Å²) >= 11 is 0. The van der Waals surface area contributed by atoms with Gasteiger partial charge in [-0.3, -0.25) is 14.5 Å². The van der Waals surface area contributed by atoms with Gasteiger partial charge in [-0.05, 0) is 12.1 Å². The lowest BCUT2D eigenvalue weighted by atomic mass is 10.1. The number of halogens is 4. The van der Waals surface area contributed by atoms with Gasteiger partial charge in [0, 0.05) is 32.7 Å². The number of aliphatic carboxylic acids is 1. The smallest absolute Gasteiger partial charge is 0.417 e. The molecule has 24 heavy (non-hydrogen) atoms. The Bertz CT molecular complexity index is 588. The molecule has 0 unspecified atom stereocenters. The number of carbonyl (C=O) groups excluding carboxylic acids is 1. The molecule has 1 aliphatic rings. The number of carboxylic acids is 1. The number of hydrogen-bond donors (Lipinski definition) is 1. The van der Waals surface area contributed by atoms with Crippen LogP contribution in [0.25, 0.3) is 0 Å². The monoisotopic (exact) mass is 366 g/mol. The van der Waals surface area contributed by atoms with Crippen LogP contribution in [-0.4, -0.2) is 59.5 Å². The van der Waals surface area contributed by atoms with Gasteiger partial charge in [0.25, 0.3) is 5.91 Å². The third-order valence-corrected chi connectivity index (χ3v) is 3.76. The molecule has 1 aromatic carbocycles. The van der Waals surface area contributed by atoms with Gasteiger partial charge in [0.2, 0.25) is 0 Å². The average molecular weight is 367 g/mol. The van der Waals surface area contributed by atoms with Crippen LogP contribution < -0.4 is 0 Å². The third-order valence-electron chi connectivity index (χ3n) is 3.76. The third kappa shape index (κ3) is 5.10. The predicted octanol–water partition coefficient (Wildman–Crippen LogP) is 2.36. The molecule has 1 aromatic rings. The summed E-state index contributed by atoms with van der Waals surface area (Å²) < 4.78 is 38.9. The van der Waals surface area contributed by atoms with E-state index in [1.165, 1.54) is 23.1 Å². The Labute approximate surface area is 143 Å². The number of nitrogens with zero attached hydrogens (tertiary/aromatic N) is 2. The number of alkyl halides is 3. The van der Waals surface area contributed by atoms with Gasteiger partial charge < -0.3 is 10.0 Å². The van der Waals surface area contributed by atoms with E-state index in [9.17, 15) is 22.8 Å². The molecular formula is C15H18ClF3N2O3. The van der Waals surface area contributed by atoms with E-state index in [0.717, 1.165) is 6.07 Å². The van der Waals surface area contributed by atoms with Crippen molar-refractivity contribution in [1.29, 1.82) is 0 Å². The van der Waals surface area contributed by atoms with Gasteiger partial charge >= 0.3 is 12.1 Å². The topological polar surface area (TPSA) is 60.9 Å². The second kappa shape index (κ2) is 8.34. The molecule has 9 heteroatoms. The van der Waals surface area contributed by atoms with Gasteiger partial charge in [-0.15, -0.1) is 12.4 Å². The minimum Gasteiger partial charge on any atom is -0.481 e. The molecule has 0 spiro atoms. The molecule has 1 amide bonds. The van der Waals surface area contributed by atoms with E-state index in [4.69, 9.17) is 5.11 Å². The Balaban J connectivity index is 0.00000288. The summed E-state index contributed by atoms with van der Waals surface area (Å²) in [5, 5.41) is 8.64. The molecule has 0 radical (unpaired) electrons. The van der Waals surface area contributed by atoms with Crippen LogP contribution in [0.4, 0.5) is 13.2 Å². The van der Waals surface area contributed by atoms with Gasteiger partial charge in [-0.1, -0.05) is 12.1 Å². The van der Waals surface area contributed by atoms with Gasteiger partial charge in [-0.25, -0.2) is 0 Å². The molecule has 5 nitrogen and oxygen atoms in total. The van der Waals surface area contributed by atoms with E-state index in [2.05, 4.69) is 0 Å². The van der Waals surface area contributed by atoms with Crippen LogP contribution in [0, 0.1) is 0 Å². The van der Waals surface area contributed by atoms with Crippen molar-refractivity contribution in [2.45, 2.75) is 12.6 Å². The summed E-state index contributed by atoms with van der Waals surface area (Å²) in [6.07, 6.45) is -4.57. The number of carboxylic acid groups (broad SMARTS) is 1. The summed E-state index contributed by atoms with van der Waals surface area (Å²) in [6.45, 7) is 1.84. The first-order valence-electron chi connectivity index (χ1n) is 7.18. The van der Waals surface area contributed by atoms with Crippen LogP contribution in [0.2, 0.25) is 0 Å². The van der Waals surface area contributed by atoms with Crippen LogP contribution in [0.3, 0.4) is 0 Å². The van der Waals surface area contributed by atoms with Crippen molar-refractivity contribution in [3.05, 3.63) is 35.4 Å². The number of piperazine rings is 1. The van der Waals surface area contributed by atoms with Crippen LogP contribution in [0.1, 0.15) is 22.3 Å². The number of rotatable bonds is 4. The highest BCUT2D eigenvalue weighted by Gasteiger charge is 2.36. The summed E-state index contributed by atoms with van der Waals surface area (Å²) in [4.78, 5) is 26.1. The maximum atomic E-state index is 13.0. The fourth-order valence-electron chi connectivity index (χ4n) is 2.52. The second-order valence-corrected chi connectivity index (χ2v) is 5.32. The van der Waals surface area contributed by atoms with Crippen molar-refractivity contribution in [1.82, 2.24) is 9.80 Å². The molecule has 1 aliphatic heterocycles. The summed E-state index contributed by atoms with van der Waals surface area (Å²) in [5.41, 5.74) is -1.28. The molecule has 2 rings (SSSR count). The molecule has 1 N–H and O–H groups in total. The number of hydrogen-bond acceptors (Lipinski definition) is 3. The highest BCUT2D eigenvalue weighted by molar-refractivity contribution is 5.96. The fraction of sp³-hybridized carbons (Fsp3) is 0.467. The minimum absolute atomic E-state index is 0. The molecule has 1 saturated heterocycles. The quantitative estimate of drug-likeness (QED) is 0.888. The lowest BCUT2D eigenvalue weighted by Crippen LogP contribution is -2.49. The van der Waals surface area contributed by atoms with Crippen LogP contribution in [-0.2, 0) is 11.0 Å². The molecule has 0 aromatic heterocycles. The molecule has 1 fully saturated rings. The fourth-order valence-corrected chi connectivity index (χ4v) is 2.52. The molecule has 1 heterocycles. The second-order valence-electron chi connectivity index (χ2n) is 5.32. The Morgan fingerprint density at radius 2 is 1.67 bits per heavy atom. The zero-order valence-electron chi connectivity index (χ0n) is 12.8. The van der Waals surface area contributed by atoms with Gasteiger partial charge in [0.15, 0.2) is 0 Å². The van der Waals surface area contributed by atoms with E-state index >= 15 is 0 Å². The van der Waals surface area contributed by atoms with Crippen LogP contribution >= 0.6 is 12.4 Å². The summed E-state index contributed by atoms with van der Waals surface area (Å²) in [5.74, 6) is -1.54. The van der Waals surface area contributed by atoms with Gasteiger partial charge in [0.05, 0.1) is 17.5 Å². The standard InChI is InChI=1S/C15H17F3N2O3.ClH/c16-15(17,18)12-4-2-1-3-11(12)14(23)20-9-7-19(8-10-20)6-5-13(21)22;/h1-4H,5-10H2,(H,21,22);1H. The average Bonchev–Trinajstić information content (AvgIpc) is 2.52. The zero-order chi connectivity index (χ0) is 17.0. The Kier molecular flexibility index (Phi) is 7.04. The largest absolute Gasteiger partial charge is 0.481 e. The van der Waals surface area contributed by atoms with Crippen molar-refractivity contribution in [3.63, 3.8) is 0 Å². The Morgan fingerprint density at radius 3 is 2.21 bits per heavy atom. The van der Waals surface area contributed by atoms with Crippen molar-refractivity contribution < 1.29 is 27.9 Å². The van der Waals surface area contributed by atoms with E-state index in [-0.39, 0.29) is 37.5 Å². The number of amides is 1.